The molecule has 0 atom stereocenters. The highest BCUT2D eigenvalue weighted by Gasteiger charge is 1.97. The number of para-hydroxylation sites is 1. The number of hydrogen-bond donors (Lipinski definition) is 3. The Morgan fingerprint density at radius 3 is 2.83 bits per heavy atom. The SMILES string of the molecule is S=C(NCCCc1cnc[nH]1)Nc1ccccc1. The van der Waals surface area contributed by atoms with E-state index >= 15 is 0 Å². The molecule has 18 heavy (non-hydrogen) atoms. The minimum absolute atomic E-state index is 0.658. The number of nitrogens with one attached hydrogen (secondary N) is 3. The summed E-state index contributed by atoms with van der Waals surface area (Å²) in [6, 6.07) is 9.90. The minimum Gasteiger partial charge on any atom is -0.362 e. The number of H-pyrrole nitrogens is 1. The van der Waals surface area contributed by atoms with Crippen molar-refractivity contribution in [3.05, 3.63) is 48.5 Å². The average Bonchev–Trinajstić information content (AvgIpc) is 2.89. The van der Waals surface area contributed by atoms with Gasteiger partial charge in [0.25, 0.3) is 0 Å². The zero-order chi connectivity index (χ0) is 12.6. The van der Waals surface area contributed by atoms with Gasteiger partial charge in [0, 0.05) is 24.1 Å². The van der Waals surface area contributed by atoms with Crippen LogP contribution >= 0.6 is 12.2 Å². The van der Waals surface area contributed by atoms with Crippen LogP contribution in [0.15, 0.2) is 42.9 Å². The van der Waals surface area contributed by atoms with Crippen LogP contribution in [0.3, 0.4) is 0 Å². The molecule has 0 unspecified atom stereocenters. The third-order valence-electron chi connectivity index (χ3n) is 2.49. The van der Waals surface area contributed by atoms with E-state index in [4.69, 9.17) is 12.2 Å². The first-order chi connectivity index (χ1) is 8.84. The number of rotatable bonds is 5. The van der Waals surface area contributed by atoms with Crippen molar-refractivity contribution < 1.29 is 0 Å². The van der Waals surface area contributed by atoms with Gasteiger partial charge in [-0.3, -0.25) is 0 Å². The molecule has 0 fully saturated rings. The summed E-state index contributed by atoms with van der Waals surface area (Å²) in [6.07, 6.45) is 5.53. The van der Waals surface area contributed by atoms with Crippen LogP contribution in [0.1, 0.15) is 12.1 Å². The lowest BCUT2D eigenvalue weighted by Crippen LogP contribution is -2.29. The molecule has 4 nitrogen and oxygen atoms in total. The van der Waals surface area contributed by atoms with Crippen LogP contribution in [-0.4, -0.2) is 21.6 Å². The minimum atomic E-state index is 0.658. The van der Waals surface area contributed by atoms with Gasteiger partial charge in [0.05, 0.1) is 6.33 Å². The molecule has 0 bridgehead atoms. The molecule has 94 valence electrons. The fourth-order valence-corrected chi connectivity index (χ4v) is 1.82. The molecule has 0 spiro atoms. The molecule has 0 aliphatic rings. The average molecular weight is 260 g/mol. The van der Waals surface area contributed by atoms with Crippen molar-refractivity contribution in [1.29, 1.82) is 0 Å². The predicted octanol–water partition coefficient (Wildman–Crippen LogP) is 2.33. The maximum atomic E-state index is 5.21. The molecule has 5 heteroatoms. The van der Waals surface area contributed by atoms with Crippen molar-refractivity contribution >= 4 is 23.0 Å². The molecule has 0 aliphatic carbocycles. The third kappa shape index (κ3) is 4.18. The molecule has 3 N–H and O–H groups in total. The first-order valence-corrected chi connectivity index (χ1v) is 6.32. The molecule has 1 aromatic heterocycles. The summed E-state index contributed by atoms with van der Waals surface area (Å²) in [6.45, 7) is 0.845. The number of hydrogen-bond acceptors (Lipinski definition) is 2. The van der Waals surface area contributed by atoms with Crippen molar-refractivity contribution in [2.45, 2.75) is 12.8 Å². The Hall–Kier alpha value is -1.88. The van der Waals surface area contributed by atoms with Gasteiger partial charge < -0.3 is 15.6 Å². The number of aromatic amines is 1. The number of benzene rings is 1. The number of nitrogens with zero attached hydrogens (tertiary/aromatic N) is 1. The number of anilines is 1. The van der Waals surface area contributed by atoms with Crippen LogP contribution in [0.2, 0.25) is 0 Å². The van der Waals surface area contributed by atoms with Crippen LogP contribution in [-0.2, 0) is 6.42 Å². The molecule has 2 aromatic rings. The van der Waals surface area contributed by atoms with Crippen LogP contribution in [0.4, 0.5) is 5.69 Å². The fourth-order valence-electron chi connectivity index (χ4n) is 1.60. The summed E-state index contributed by atoms with van der Waals surface area (Å²) in [5.41, 5.74) is 2.15. The Kier molecular flexibility index (Phi) is 4.72. The molecular weight excluding hydrogens is 244 g/mol. The molecule has 0 amide bonds. The Labute approximate surface area is 112 Å². The lowest BCUT2D eigenvalue weighted by atomic mass is 10.2. The number of aryl methyl sites for hydroxylation is 1. The second-order valence-corrected chi connectivity index (χ2v) is 4.34. The highest BCUT2D eigenvalue weighted by molar-refractivity contribution is 7.80. The lowest BCUT2D eigenvalue weighted by Gasteiger charge is -2.09. The highest BCUT2D eigenvalue weighted by Crippen LogP contribution is 2.04. The van der Waals surface area contributed by atoms with Gasteiger partial charge in [0.1, 0.15) is 0 Å². The van der Waals surface area contributed by atoms with Crippen LogP contribution in [0.5, 0.6) is 0 Å². The van der Waals surface area contributed by atoms with E-state index in [2.05, 4.69) is 20.6 Å². The summed E-state index contributed by atoms with van der Waals surface area (Å²) >= 11 is 5.21. The van der Waals surface area contributed by atoms with Gasteiger partial charge >= 0.3 is 0 Å². The topological polar surface area (TPSA) is 52.7 Å². The Morgan fingerprint density at radius 2 is 2.11 bits per heavy atom. The van der Waals surface area contributed by atoms with Gasteiger partial charge in [-0.1, -0.05) is 18.2 Å². The maximum absolute atomic E-state index is 5.21. The summed E-state index contributed by atoms with van der Waals surface area (Å²) in [5, 5.41) is 6.97. The number of aromatic nitrogens is 2. The van der Waals surface area contributed by atoms with Gasteiger partial charge in [0.15, 0.2) is 5.11 Å². The Balaban J connectivity index is 1.63. The molecule has 0 saturated heterocycles. The molecular formula is C13H16N4S. The van der Waals surface area contributed by atoms with Crippen molar-refractivity contribution in [3.8, 4) is 0 Å². The Bertz CT molecular complexity index is 467. The summed E-state index contributed by atoms with van der Waals surface area (Å²) in [4.78, 5) is 7.06. The second kappa shape index (κ2) is 6.76. The van der Waals surface area contributed by atoms with Gasteiger partial charge in [-0.15, -0.1) is 0 Å². The van der Waals surface area contributed by atoms with Gasteiger partial charge in [-0.2, -0.15) is 0 Å². The predicted molar refractivity (Wildman–Crippen MR) is 77.6 cm³/mol. The molecule has 1 heterocycles. The normalized spacial score (nSPS) is 10.0. The van der Waals surface area contributed by atoms with E-state index in [0.717, 1.165) is 30.8 Å². The van der Waals surface area contributed by atoms with E-state index < -0.39 is 0 Å². The summed E-state index contributed by atoms with van der Waals surface area (Å²) in [5.74, 6) is 0. The number of imidazole rings is 1. The largest absolute Gasteiger partial charge is 0.362 e. The van der Waals surface area contributed by atoms with Crippen molar-refractivity contribution in [2.24, 2.45) is 0 Å². The van der Waals surface area contributed by atoms with Crippen LogP contribution in [0, 0.1) is 0 Å². The van der Waals surface area contributed by atoms with Crippen molar-refractivity contribution in [3.63, 3.8) is 0 Å². The zero-order valence-corrected chi connectivity index (χ0v) is 10.8. The van der Waals surface area contributed by atoms with E-state index in [1.165, 1.54) is 0 Å². The smallest absolute Gasteiger partial charge is 0.170 e. The van der Waals surface area contributed by atoms with E-state index in [1.54, 1.807) is 6.33 Å². The van der Waals surface area contributed by atoms with E-state index in [1.807, 2.05) is 36.5 Å². The first kappa shape index (κ1) is 12.6. The summed E-state index contributed by atoms with van der Waals surface area (Å²) < 4.78 is 0. The zero-order valence-electron chi connectivity index (χ0n) is 10.0. The monoisotopic (exact) mass is 260 g/mol. The molecule has 0 saturated carbocycles. The molecule has 2 rings (SSSR count). The van der Waals surface area contributed by atoms with Gasteiger partial charge in [-0.25, -0.2) is 4.98 Å². The van der Waals surface area contributed by atoms with Crippen molar-refractivity contribution in [1.82, 2.24) is 15.3 Å². The standard InChI is InChI=1S/C13H16N4S/c18-13(17-11-5-2-1-3-6-11)15-8-4-7-12-9-14-10-16-12/h1-3,5-6,9-10H,4,7-8H2,(H,14,16)(H2,15,17,18). The number of thiocarbonyl (C=S) groups is 1. The molecule has 0 radical (unpaired) electrons. The van der Waals surface area contributed by atoms with Crippen LogP contribution < -0.4 is 10.6 Å². The van der Waals surface area contributed by atoms with E-state index in [0.29, 0.717) is 5.11 Å². The Morgan fingerprint density at radius 1 is 1.28 bits per heavy atom. The maximum Gasteiger partial charge on any atom is 0.170 e. The van der Waals surface area contributed by atoms with Crippen molar-refractivity contribution in [2.75, 3.05) is 11.9 Å². The quantitative estimate of drug-likeness (QED) is 0.570. The first-order valence-electron chi connectivity index (χ1n) is 5.92. The van der Waals surface area contributed by atoms with Crippen LogP contribution in [0.25, 0.3) is 0 Å². The van der Waals surface area contributed by atoms with Gasteiger partial charge in [0.2, 0.25) is 0 Å². The molecule has 1 aromatic carbocycles. The second-order valence-electron chi connectivity index (χ2n) is 3.93. The third-order valence-corrected chi connectivity index (χ3v) is 2.74. The highest BCUT2D eigenvalue weighted by atomic mass is 32.1. The van der Waals surface area contributed by atoms with Gasteiger partial charge in [-0.05, 0) is 37.2 Å². The molecule has 0 aliphatic heterocycles. The lowest BCUT2D eigenvalue weighted by molar-refractivity contribution is 0.766. The van der Waals surface area contributed by atoms with E-state index in [-0.39, 0.29) is 0 Å². The fraction of sp³-hybridized carbons (Fsp3) is 0.231. The summed E-state index contributed by atoms with van der Waals surface area (Å²) in [7, 11) is 0. The van der Waals surface area contributed by atoms with E-state index in [9.17, 15) is 0 Å².